The summed E-state index contributed by atoms with van der Waals surface area (Å²) in [5, 5.41) is -0.183. The number of halogens is 5. The van der Waals surface area contributed by atoms with E-state index in [-0.39, 0.29) is 39.5 Å². The van der Waals surface area contributed by atoms with Crippen LogP contribution in [0.2, 0.25) is 5.02 Å². The molecule has 2 aromatic rings. The fraction of sp³-hybridized carbons (Fsp3) is 0.368. The highest BCUT2D eigenvalue weighted by molar-refractivity contribution is 8.00. The Balaban J connectivity index is 1.79. The Morgan fingerprint density at radius 1 is 1.21 bits per heavy atom. The van der Waals surface area contributed by atoms with E-state index in [0.29, 0.717) is 0 Å². The van der Waals surface area contributed by atoms with Crippen LogP contribution in [-0.2, 0) is 30.0 Å². The second-order valence-electron chi connectivity index (χ2n) is 6.90. The molecule has 0 amide bonds. The molecule has 0 spiro atoms. The van der Waals surface area contributed by atoms with Crippen molar-refractivity contribution < 1.29 is 41.4 Å². The number of aromatic amines is 1. The van der Waals surface area contributed by atoms with Gasteiger partial charge in [0.1, 0.15) is 11.5 Å². The van der Waals surface area contributed by atoms with Crippen LogP contribution < -0.4 is 11.2 Å². The molecule has 1 saturated heterocycles. The van der Waals surface area contributed by atoms with Gasteiger partial charge < -0.3 is 19.2 Å². The third-order valence-corrected chi connectivity index (χ3v) is 5.86. The Morgan fingerprint density at radius 2 is 1.85 bits per heavy atom. The summed E-state index contributed by atoms with van der Waals surface area (Å²) in [6, 6.07) is 1.80. The monoisotopic (exact) mass is 526 g/mol. The molecule has 0 radical (unpaired) electrons. The molecule has 0 aliphatic carbocycles. The first-order chi connectivity index (χ1) is 15.9. The summed E-state index contributed by atoms with van der Waals surface area (Å²) < 4.78 is 68.3. The van der Waals surface area contributed by atoms with Crippen LogP contribution in [0, 0.1) is 5.82 Å². The second-order valence-corrected chi connectivity index (χ2v) is 8.32. The third-order valence-electron chi connectivity index (χ3n) is 4.41. The van der Waals surface area contributed by atoms with Gasteiger partial charge in [0.05, 0.1) is 29.7 Å². The van der Waals surface area contributed by atoms with Crippen molar-refractivity contribution in [2.45, 2.75) is 30.2 Å². The van der Waals surface area contributed by atoms with Crippen molar-refractivity contribution in [2.75, 3.05) is 19.0 Å². The lowest BCUT2D eigenvalue weighted by molar-refractivity contribution is -0.160. The van der Waals surface area contributed by atoms with Crippen molar-refractivity contribution in [1.29, 1.82) is 0 Å². The van der Waals surface area contributed by atoms with E-state index in [1.54, 1.807) is 0 Å². The van der Waals surface area contributed by atoms with Crippen LogP contribution in [0.15, 0.2) is 32.7 Å². The average molecular weight is 527 g/mol. The number of carbonyl (C=O) groups is 2. The molecule has 1 N–H and O–H groups in total. The fourth-order valence-corrected chi connectivity index (χ4v) is 4.01. The molecule has 1 aromatic heterocycles. The van der Waals surface area contributed by atoms with Crippen LogP contribution in [0.5, 0.6) is 0 Å². The van der Waals surface area contributed by atoms with E-state index < -0.39 is 58.8 Å². The Hall–Kier alpha value is -2.84. The number of rotatable bonds is 6. The number of thioether (sulfide) groups is 1. The molecule has 34 heavy (non-hydrogen) atoms. The molecule has 0 saturated carbocycles. The topological polar surface area (TPSA) is 117 Å². The summed E-state index contributed by atoms with van der Waals surface area (Å²) >= 11 is 6.74. The molecule has 9 nitrogen and oxygen atoms in total. The molecule has 184 valence electrons. The number of aromatic nitrogens is 2. The van der Waals surface area contributed by atoms with Gasteiger partial charge in [0.15, 0.2) is 12.2 Å². The number of hydrogen-bond acceptors (Lipinski definition) is 8. The van der Waals surface area contributed by atoms with Gasteiger partial charge in [-0.3, -0.25) is 14.4 Å². The molecule has 15 heteroatoms. The molecule has 1 aliphatic heterocycles. The standard InChI is InChI=1S/C19H15ClF4N2O7S/c1-8(27)32-12-5-31-6-13(12)33-17(29)7-34-14-3-11(10(21)2-9(14)20)26-16(28)4-15(19(22,23)24)25-18(26)30/h2-4,12-13H,5-7H2,1H3,(H,25,30). The lowest BCUT2D eigenvalue weighted by Crippen LogP contribution is -2.36. The minimum atomic E-state index is -4.99. The zero-order valence-corrected chi connectivity index (χ0v) is 18.7. The Kier molecular flexibility index (Phi) is 7.73. The predicted molar refractivity (Wildman–Crippen MR) is 110 cm³/mol. The number of H-pyrrole nitrogens is 1. The minimum absolute atomic E-state index is 0.00935. The van der Waals surface area contributed by atoms with Crippen molar-refractivity contribution in [3.8, 4) is 5.69 Å². The van der Waals surface area contributed by atoms with Crippen LogP contribution in [0.25, 0.3) is 5.69 Å². The van der Waals surface area contributed by atoms with Gasteiger partial charge in [-0.1, -0.05) is 11.6 Å². The van der Waals surface area contributed by atoms with Gasteiger partial charge in [0.2, 0.25) is 0 Å². The van der Waals surface area contributed by atoms with E-state index in [1.165, 1.54) is 11.9 Å². The fourth-order valence-electron chi connectivity index (χ4n) is 2.96. The summed E-state index contributed by atoms with van der Waals surface area (Å²) in [6.07, 6.45) is -6.60. The molecule has 2 unspecified atom stereocenters. The summed E-state index contributed by atoms with van der Waals surface area (Å²) in [5.41, 5.74) is -5.20. The van der Waals surface area contributed by atoms with E-state index in [4.69, 9.17) is 25.8 Å². The number of nitrogens with one attached hydrogen (secondary N) is 1. The van der Waals surface area contributed by atoms with Crippen molar-refractivity contribution in [3.63, 3.8) is 0 Å². The van der Waals surface area contributed by atoms with Gasteiger partial charge in [-0.15, -0.1) is 11.8 Å². The number of nitrogens with zero attached hydrogens (tertiary/aromatic N) is 1. The largest absolute Gasteiger partial charge is 0.456 e. The number of carbonyl (C=O) groups excluding carboxylic acids is 2. The van der Waals surface area contributed by atoms with Gasteiger partial charge in [0, 0.05) is 17.9 Å². The van der Waals surface area contributed by atoms with Gasteiger partial charge in [-0.25, -0.2) is 13.8 Å². The van der Waals surface area contributed by atoms with Crippen LogP contribution in [0.1, 0.15) is 12.6 Å². The lowest BCUT2D eigenvalue weighted by atomic mass is 10.2. The highest BCUT2D eigenvalue weighted by Crippen LogP contribution is 2.31. The van der Waals surface area contributed by atoms with Gasteiger partial charge in [-0.05, 0) is 12.1 Å². The lowest BCUT2D eigenvalue weighted by Gasteiger charge is -2.18. The molecule has 1 aromatic carbocycles. The quantitative estimate of drug-likeness (QED) is 0.346. The molecule has 2 atom stereocenters. The number of hydrogen-bond donors (Lipinski definition) is 1. The second kappa shape index (κ2) is 10.2. The Morgan fingerprint density at radius 3 is 2.44 bits per heavy atom. The number of alkyl halides is 3. The highest BCUT2D eigenvalue weighted by atomic mass is 35.5. The third kappa shape index (κ3) is 5.98. The smallest absolute Gasteiger partial charge is 0.431 e. The van der Waals surface area contributed by atoms with E-state index in [9.17, 15) is 36.7 Å². The first-order valence-electron chi connectivity index (χ1n) is 9.37. The van der Waals surface area contributed by atoms with Crippen LogP contribution in [0.3, 0.4) is 0 Å². The predicted octanol–water partition coefficient (Wildman–Crippen LogP) is 2.30. The first kappa shape index (κ1) is 25.8. The van der Waals surface area contributed by atoms with Crippen molar-refractivity contribution in [2.24, 2.45) is 0 Å². The number of esters is 2. The molecular weight excluding hydrogens is 512 g/mol. The van der Waals surface area contributed by atoms with E-state index >= 15 is 0 Å². The molecular formula is C19H15ClF4N2O7S. The normalized spacial score (nSPS) is 18.1. The SMILES string of the molecule is CC(=O)OC1COCC1OC(=O)CSc1cc(-n2c(=O)cc(C(F)(F)F)[nH]c2=O)c(F)cc1Cl. The highest BCUT2D eigenvalue weighted by Gasteiger charge is 2.35. The zero-order valence-electron chi connectivity index (χ0n) is 17.1. The van der Waals surface area contributed by atoms with Crippen LogP contribution in [-0.4, -0.2) is 52.7 Å². The van der Waals surface area contributed by atoms with Gasteiger partial charge in [0.25, 0.3) is 5.56 Å². The van der Waals surface area contributed by atoms with E-state index in [1.807, 2.05) is 0 Å². The Labute approximate surface area is 196 Å². The molecule has 1 fully saturated rings. The van der Waals surface area contributed by atoms with E-state index in [2.05, 4.69) is 0 Å². The van der Waals surface area contributed by atoms with Crippen LogP contribution in [0.4, 0.5) is 17.6 Å². The van der Waals surface area contributed by atoms with Crippen molar-refractivity contribution >= 4 is 35.3 Å². The van der Waals surface area contributed by atoms with Crippen molar-refractivity contribution in [1.82, 2.24) is 9.55 Å². The van der Waals surface area contributed by atoms with Crippen LogP contribution >= 0.6 is 23.4 Å². The molecule has 1 aliphatic rings. The summed E-state index contributed by atoms with van der Waals surface area (Å²) in [5.74, 6) is -2.85. The molecule has 0 bridgehead atoms. The van der Waals surface area contributed by atoms with Gasteiger partial charge in [-0.2, -0.15) is 13.2 Å². The summed E-state index contributed by atoms with van der Waals surface area (Å²) in [6.45, 7) is 1.25. The summed E-state index contributed by atoms with van der Waals surface area (Å²) in [4.78, 5) is 49.1. The maximum atomic E-state index is 14.5. The summed E-state index contributed by atoms with van der Waals surface area (Å²) in [7, 11) is 0. The first-order valence-corrected chi connectivity index (χ1v) is 10.7. The number of benzene rings is 1. The van der Waals surface area contributed by atoms with Gasteiger partial charge >= 0.3 is 23.8 Å². The average Bonchev–Trinajstić information content (AvgIpc) is 3.13. The zero-order chi connectivity index (χ0) is 25.2. The minimum Gasteiger partial charge on any atom is -0.456 e. The molecule has 2 heterocycles. The van der Waals surface area contributed by atoms with Crippen molar-refractivity contribution in [3.05, 3.63) is 55.6 Å². The Bertz CT molecular complexity index is 1200. The van der Waals surface area contributed by atoms with E-state index in [0.717, 1.165) is 23.9 Å². The maximum Gasteiger partial charge on any atom is 0.431 e. The maximum absolute atomic E-state index is 14.5. The molecule has 3 rings (SSSR count). The number of ether oxygens (including phenoxy) is 3.